The highest BCUT2D eigenvalue weighted by Gasteiger charge is 2.46. The zero-order valence-corrected chi connectivity index (χ0v) is 10.3. The molecule has 0 saturated carbocycles. The third kappa shape index (κ3) is 1.98. The summed E-state index contributed by atoms with van der Waals surface area (Å²) in [5.74, 6) is 0.224. The highest BCUT2D eigenvalue weighted by molar-refractivity contribution is 6.32. The van der Waals surface area contributed by atoms with Crippen LogP contribution >= 0.6 is 11.6 Å². The van der Waals surface area contributed by atoms with Gasteiger partial charge in [0.15, 0.2) is 0 Å². The van der Waals surface area contributed by atoms with E-state index >= 15 is 0 Å². The Bertz CT molecular complexity index is 443. The van der Waals surface area contributed by atoms with Gasteiger partial charge in [-0.2, -0.15) is 0 Å². The molecule has 1 saturated heterocycles. The Morgan fingerprint density at radius 2 is 2.29 bits per heavy atom. The van der Waals surface area contributed by atoms with Crippen LogP contribution in [0, 0.1) is 0 Å². The minimum atomic E-state index is -0.728. The molecule has 0 radical (unpaired) electrons. The lowest BCUT2D eigenvalue weighted by Crippen LogP contribution is -2.56. The summed E-state index contributed by atoms with van der Waals surface area (Å²) in [6.07, 6.45) is 0. The van der Waals surface area contributed by atoms with Crippen molar-refractivity contribution in [3.63, 3.8) is 0 Å². The Hall–Kier alpha value is -1.26. The molecule has 92 valence electrons. The number of carbonyl (C=O) groups excluding carboxylic acids is 1. The number of rotatable bonds is 4. The van der Waals surface area contributed by atoms with Gasteiger partial charge in [0.2, 0.25) is 5.91 Å². The van der Waals surface area contributed by atoms with Crippen molar-refractivity contribution >= 4 is 17.5 Å². The largest absolute Gasteiger partial charge is 0.492 e. The van der Waals surface area contributed by atoms with E-state index in [1.54, 1.807) is 12.1 Å². The van der Waals surface area contributed by atoms with Gasteiger partial charge in [0, 0.05) is 0 Å². The first-order valence-corrected chi connectivity index (χ1v) is 5.78. The second kappa shape index (κ2) is 4.55. The Kier molecular flexibility index (Phi) is 3.26. The predicted octanol–water partition coefficient (Wildman–Crippen LogP) is 1.49. The first-order chi connectivity index (χ1) is 8.10. The van der Waals surface area contributed by atoms with E-state index in [9.17, 15) is 4.79 Å². The third-order valence-corrected chi connectivity index (χ3v) is 3.25. The fourth-order valence-electron chi connectivity index (χ4n) is 1.83. The van der Waals surface area contributed by atoms with Gasteiger partial charge in [0.25, 0.3) is 0 Å². The summed E-state index contributed by atoms with van der Waals surface area (Å²) in [6.45, 7) is 3.05. The Labute approximate surface area is 105 Å². The van der Waals surface area contributed by atoms with E-state index in [4.69, 9.17) is 26.8 Å². The van der Waals surface area contributed by atoms with Gasteiger partial charge in [0.1, 0.15) is 11.2 Å². The van der Waals surface area contributed by atoms with Gasteiger partial charge in [-0.1, -0.05) is 17.7 Å². The zero-order chi connectivity index (χ0) is 12.5. The normalized spacial score (nSPS) is 17.3. The molecule has 0 atom stereocenters. The first-order valence-electron chi connectivity index (χ1n) is 5.40. The Morgan fingerprint density at radius 3 is 2.71 bits per heavy atom. The molecule has 1 aliphatic rings. The number of benzene rings is 1. The van der Waals surface area contributed by atoms with Crippen LogP contribution in [0.2, 0.25) is 5.02 Å². The number of nitrogens with two attached hydrogens (primary N) is 1. The van der Waals surface area contributed by atoms with Gasteiger partial charge in [-0.05, 0) is 24.6 Å². The molecule has 1 heterocycles. The molecular formula is C12H14ClNO3. The molecule has 0 bridgehead atoms. The standard InChI is InChI=1S/C12H14ClNO3/c1-2-17-10-4-3-8(5-9(10)13)12(11(14)15)6-16-7-12/h3-5H,2,6-7H2,1H3,(H2,14,15). The van der Waals surface area contributed by atoms with Crippen molar-refractivity contribution in [2.24, 2.45) is 5.73 Å². The van der Waals surface area contributed by atoms with Gasteiger partial charge in [0.05, 0.1) is 24.8 Å². The molecule has 2 N–H and O–H groups in total. The van der Waals surface area contributed by atoms with E-state index in [0.29, 0.717) is 30.6 Å². The number of primary amides is 1. The van der Waals surface area contributed by atoms with Crippen LogP contribution in [0.4, 0.5) is 0 Å². The Morgan fingerprint density at radius 1 is 1.59 bits per heavy atom. The second-order valence-corrected chi connectivity index (χ2v) is 4.42. The molecule has 0 aliphatic carbocycles. The van der Waals surface area contributed by atoms with Crippen molar-refractivity contribution in [2.45, 2.75) is 12.3 Å². The van der Waals surface area contributed by atoms with Gasteiger partial charge < -0.3 is 15.2 Å². The summed E-state index contributed by atoms with van der Waals surface area (Å²) in [5, 5.41) is 0.483. The predicted molar refractivity (Wildman–Crippen MR) is 64.3 cm³/mol. The van der Waals surface area contributed by atoms with Crippen molar-refractivity contribution in [2.75, 3.05) is 19.8 Å². The summed E-state index contributed by atoms with van der Waals surface area (Å²) in [7, 11) is 0. The summed E-state index contributed by atoms with van der Waals surface area (Å²) < 4.78 is 10.4. The number of carbonyl (C=O) groups is 1. The highest BCUT2D eigenvalue weighted by atomic mass is 35.5. The molecule has 1 fully saturated rings. The summed E-state index contributed by atoms with van der Waals surface area (Å²) >= 11 is 6.08. The van der Waals surface area contributed by atoms with Crippen LogP contribution in [0.25, 0.3) is 0 Å². The van der Waals surface area contributed by atoms with Crippen molar-refractivity contribution in [3.05, 3.63) is 28.8 Å². The van der Waals surface area contributed by atoms with Crippen LogP contribution in [-0.4, -0.2) is 25.7 Å². The first kappa shape index (κ1) is 12.2. The van der Waals surface area contributed by atoms with Crippen LogP contribution in [0.5, 0.6) is 5.75 Å². The SMILES string of the molecule is CCOc1ccc(C2(C(N)=O)COC2)cc1Cl. The van der Waals surface area contributed by atoms with E-state index in [0.717, 1.165) is 5.56 Å². The van der Waals surface area contributed by atoms with E-state index in [1.807, 2.05) is 13.0 Å². The van der Waals surface area contributed by atoms with Crippen molar-refractivity contribution < 1.29 is 14.3 Å². The third-order valence-electron chi connectivity index (χ3n) is 2.95. The summed E-state index contributed by atoms with van der Waals surface area (Å²) in [4.78, 5) is 11.5. The minimum absolute atomic E-state index is 0.312. The molecule has 17 heavy (non-hydrogen) atoms. The average molecular weight is 256 g/mol. The molecule has 0 unspecified atom stereocenters. The number of ether oxygens (including phenoxy) is 2. The van der Waals surface area contributed by atoms with Crippen LogP contribution in [0.3, 0.4) is 0 Å². The average Bonchev–Trinajstić information content (AvgIpc) is 2.20. The number of amides is 1. The fraction of sp³-hybridized carbons (Fsp3) is 0.417. The maximum absolute atomic E-state index is 11.5. The summed E-state index contributed by atoms with van der Waals surface area (Å²) in [5.41, 5.74) is 5.47. The molecule has 1 aromatic rings. The molecule has 5 heteroatoms. The lowest BCUT2D eigenvalue weighted by atomic mass is 9.78. The zero-order valence-electron chi connectivity index (χ0n) is 9.53. The van der Waals surface area contributed by atoms with Crippen molar-refractivity contribution in [1.82, 2.24) is 0 Å². The molecular weight excluding hydrogens is 242 g/mol. The van der Waals surface area contributed by atoms with Gasteiger partial charge >= 0.3 is 0 Å². The fourth-order valence-corrected chi connectivity index (χ4v) is 2.06. The molecule has 2 rings (SSSR count). The maximum atomic E-state index is 11.5. The molecule has 1 amide bonds. The van der Waals surface area contributed by atoms with E-state index in [1.165, 1.54) is 0 Å². The maximum Gasteiger partial charge on any atom is 0.232 e. The topological polar surface area (TPSA) is 61.5 Å². The van der Waals surface area contributed by atoms with Crippen LogP contribution < -0.4 is 10.5 Å². The molecule has 4 nitrogen and oxygen atoms in total. The summed E-state index contributed by atoms with van der Waals surface area (Å²) in [6, 6.07) is 5.29. The lowest BCUT2D eigenvalue weighted by Gasteiger charge is -2.39. The molecule has 0 aromatic heterocycles. The molecule has 1 aliphatic heterocycles. The van der Waals surface area contributed by atoms with Crippen molar-refractivity contribution in [3.8, 4) is 5.75 Å². The number of hydrogen-bond acceptors (Lipinski definition) is 3. The monoisotopic (exact) mass is 255 g/mol. The van der Waals surface area contributed by atoms with E-state index in [-0.39, 0.29) is 5.91 Å². The quantitative estimate of drug-likeness (QED) is 0.887. The van der Waals surface area contributed by atoms with E-state index in [2.05, 4.69) is 0 Å². The van der Waals surface area contributed by atoms with Crippen LogP contribution in [-0.2, 0) is 14.9 Å². The number of hydrogen-bond donors (Lipinski definition) is 1. The molecule has 0 spiro atoms. The van der Waals surface area contributed by atoms with Crippen LogP contribution in [0.15, 0.2) is 18.2 Å². The molecule has 1 aromatic carbocycles. The second-order valence-electron chi connectivity index (χ2n) is 4.02. The van der Waals surface area contributed by atoms with E-state index < -0.39 is 5.41 Å². The van der Waals surface area contributed by atoms with Crippen molar-refractivity contribution in [1.29, 1.82) is 0 Å². The minimum Gasteiger partial charge on any atom is -0.492 e. The van der Waals surface area contributed by atoms with Gasteiger partial charge in [-0.3, -0.25) is 4.79 Å². The van der Waals surface area contributed by atoms with Crippen LogP contribution in [0.1, 0.15) is 12.5 Å². The highest BCUT2D eigenvalue weighted by Crippen LogP contribution is 2.36. The van der Waals surface area contributed by atoms with Gasteiger partial charge in [-0.15, -0.1) is 0 Å². The lowest BCUT2D eigenvalue weighted by molar-refractivity contribution is -0.141. The van der Waals surface area contributed by atoms with Gasteiger partial charge in [-0.25, -0.2) is 0 Å². The number of halogens is 1. The Balaban J connectivity index is 2.34. The smallest absolute Gasteiger partial charge is 0.232 e.